The molecule has 226 valence electrons. The molecule has 9 rings (SSSR count). The largest absolute Gasteiger partial charge is 0.309 e. The molecular formula is C46H37N. The van der Waals surface area contributed by atoms with Gasteiger partial charge in [-0.15, -0.1) is 0 Å². The summed E-state index contributed by atoms with van der Waals surface area (Å²) in [6.07, 6.45) is 0. The molecule has 0 amide bonds. The molecule has 7 aromatic carbocycles. The molecule has 2 aliphatic carbocycles. The minimum absolute atomic E-state index is 0.105. The molecule has 0 heterocycles. The lowest BCUT2D eigenvalue weighted by atomic mass is 9.78. The molecule has 0 aliphatic heterocycles. The first kappa shape index (κ1) is 27.9. The Morgan fingerprint density at radius 3 is 1.68 bits per heavy atom. The molecular weight excluding hydrogens is 567 g/mol. The third-order valence-electron chi connectivity index (χ3n) is 10.8. The zero-order valence-corrected chi connectivity index (χ0v) is 27.4. The second-order valence-electron chi connectivity index (χ2n) is 14.1. The van der Waals surface area contributed by atoms with E-state index in [0.717, 1.165) is 5.69 Å². The maximum absolute atomic E-state index is 2.55. The Kier molecular flexibility index (Phi) is 5.96. The lowest BCUT2D eigenvalue weighted by molar-refractivity contribution is 0.660. The first-order valence-electron chi connectivity index (χ1n) is 16.7. The molecule has 0 aromatic heterocycles. The molecule has 1 heteroatoms. The highest BCUT2D eigenvalue weighted by atomic mass is 15.1. The van der Waals surface area contributed by atoms with Gasteiger partial charge in [-0.1, -0.05) is 155 Å². The number of nitrogens with zero attached hydrogens (tertiary/aromatic N) is 1. The summed E-state index contributed by atoms with van der Waals surface area (Å²) in [5.41, 5.74) is 16.6. The van der Waals surface area contributed by atoms with Crippen molar-refractivity contribution >= 4 is 27.8 Å². The van der Waals surface area contributed by atoms with E-state index in [4.69, 9.17) is 0 Å². The van der Waals surface area contributed by atoms with Crippen molar-refractivity contribution in [1.82, 2.24) is 0 Å². The standard InChI is InChI=1S/C46H37N/c1-45(2)38-25-15-13-21-33(38)34-28-27-32(29-40(34)45)47(31-19-9-6-10-20-31)44-41(30-17-7-5-8-18-30)35-22-11-12-23-36(35)43-42(44)37-24-14-16-26-39(37)46(43,3)4/h5-29H,1-4H3. The van der Waals surface area contributed by atoms with Gasteiger partial charge in [-0.25, -0.2) is 0 Å². The summed E-state index contributed by atoms with van der Waals surface area (Å²) in [6, 6.07) is 56.2. The van der Waals surface area contributed by atoms with E-state index in [2.05, 4.69) is 184 Å². The van der Waals surface area contributed by atoms with Crippen LogP contribution < -0.4 is 4.90 Å². The fraction of sp³-hybridized carbons (Fsp3) is 0.130. The monoisotopic (exact) mass is 603 g/mol. The first-order chi connectivity index (χ1) is 22.9. The second-order valence-corrected chi connectivity index (χ2v) is 14.1. The van der Waals surface area contributed by atoms with E-state index < -0.39 is 0 Å². The summed E-state index contributed by atoms with van der Waals surface area (Å²) >= 11 is 0. The molecule has 0 fully saturated rings. The van der Waals surface area contributed by atoms with Crippen molar-refractivity contribution in [2.24, 2.45) is 0 Å². The van der Waals surface area contributed by atoms with E-state index in [1.54, 1.807) is 0 Å². The number of rotatable bonds is 4. The third kappa shape index (κ3) is 3.90. The fourth-order valence-electron chi connectivity index (χ4n) is 8.65. The highest BCUT2D eigenvalue weighted by Gasteiger charge is 2.42. The minimum atomic E-state index is -0.167. The molecule has 0 unspecified atom stereocenters. The van der Waals surface area contributed by atoms with Crippen LogP contribution in [-0.2, 0) is 10.8 Å². The Morgan fingerprint density at radius 1 is 0.404 bits per heavy atom. The SMILES string of the molecule is CC1(C)c2ccccc2-c2ccc(N(c3ccccc3)c3c4c(c5ccccc5c3-c3ccccc3)C(C)(C)c3ccccc3-4)cc21. The summed E-state index contributed by atoms with van der Waals surface area (Å²) in [5, 5.41) is 2.60. The van der Waals surface area contributed by atoms with E-state index in [9.17, 15) is 0 Å². The van der Waals surface area contributed by atoms with E-state index >= 15 is 0 Å². The summed E-state index contributed by atoms with van der Waals surface area (Å²) in [5.74, 6) is 0. The van der Waals surface area contributed by atoms with Crippen molar-refractivity contribution in [3.8, 4) is 33.4 Å². The van der Waals surface area contributed by atoms with E-state index in [1.807, 2.05) is 0 Å². The van der Waals surface area contributed by atoms with Crippen LogP contribution >= 0.6 is 0 Å². The van der Waals surface area contributed by atoms with Crippen LogP contribution in [0.2, 0.25) is 0 Å². The zero-order valence-electron chi connectivity index (χ0n) is 27.4. The van der Waals surface area contributed by atoms with Crippen molar-refractivity contribution in [2.45, 2.75) is 38.5 Å². The Hall–Kier alpha value is -5.40. The average Bonchev–Trinajstić information content (AvgIpc) is 3.49. The topological polar surface area (TPSA) is 3.24 Å². The number of benzene rings is 7. The van der Waals surface area contributed by atoms with Crippen molar-refractivity contribution in [3.05, 3.63) is 174 Å². The molecule has 2 aliphatic rings. The van der Waals surface area contributed by atoms with Gasteiger partial charge in [-0.2, -0.15) is 0 Å². The Labute approximate surface area is 277 Å². The van der Waals surface area contributed by atoms with Crippen molar-refractivity contribution in [1.29, 1.82) is 0 Å². The molecule has 1 nitrogen and oxygen atoms in total. The van der Waals surface area contributed by atoms with Gasteiger partial charge in [-0.3, -0.25) is 0 Å². The molecule has 7 aromatic rings. The Bertz CT molecular complexity index is 2340. The number of anilines is 3. The van der Waals surface area contributed by atoms with Gasteiger partial charge in [0, 0.05) is 33.3 Å². The maximum Gasteiger partial charge on any atom is 0.0628 e. The van der Waals surface area contributed by atoms with Gasteiger partial charge >= 0.3 is 0 Å². The smallest absolute Gasteiger partial charge is 0.0628 e. The average molecular weight is 604 g/mol. The number of para-hydroxylation sites is 1. The van der Waals surface area contributed by atoms with Gasteiger partial charge in [0.2, 0.25) is 0 Å². The number of fused-ring (bicyclic) bond motifs is 8. The van der Waals surface area contributed by atoms with Crippen LogP contribution in [0.5, 0.6) is 0 Å². The van der Waals surface area contributed by atoms with Gasteiger partial charge in [0.1, 0.15) is 0 Å². The molecule has 0 saturated heterocycles. The predicted molar refractivity (Wildman–Crippen MR) is 199 cm³/mol. The molecule has 0 saturated carbocycles. The second kappa shape index (κ2) is 10.0. The summed E-state index contributed by atoms with van der Waals surface area (Å²) in [6.45, 7) is 9.54. The summed E-state index contributed by atoms with van der Waals surface area (Å²) < 4.78 is 0. The summed E-state index contributed by atoms with van der Waals surface area (Å²) in [7, 11) is 0. The Balaban J connectivity index is 1.45. The lowest BCUT2D eigenvalue weighted by Crippen LogP contribution is -2.18. The first-order valence-corrected chi connectivity index (χ1v) is 16.7. The molecule has 0 spiro atoms. The normalized spacial score (nSPS) is 14.7. The maximum atomic E-state index is 2.55. The third-order valence-corrected chi connectivity index (χ3v) is 10.8. The minimum Gasteiger partial charge on any atom is -0.309 e. The van der Waals surface area contributed by atoms with Gasteiger partial charge < -0.3 is 4.90 Å². The summed E-state index contributed by atoms with van der Waals surface area (Å²) in [4.78, 5) is 2.55. The predicted octanol–water partition coefficient (Wildman–Crippen LogP) is 12.6. The lowest BCUT2D eigenvalue weighted by Gasteiger charge is -2.33. The van der Waals surface area contributed by atoms with E-state index in [-0.39, 0.29) is 10.8 Å². The van der Waals surface area contributed by atoms with Gasteiger partial charge in [0.15, 0.2) is 0 Å². The van der Waals surface area contributed by atoms with Crippen LogP contribution in [-0.4, -0.2) is 0 Å². The van der Waals surface area contributed by atoms with Gasteiger partial charge in [-0.05, 0) is 79.5 Å². The van der Waals surface area contributed by atoms with Crippen molar-refractivity contribution in [3.63, 3.8) is 0 Å². The molecule has 47 heavy (non-hydrogen) atoms. The van der Waals surface area contributed by atoms with Crippen LogP contribution in [0, 0.1) is 0 Å². The van der Waals surface area contributed by atoms with Crippen LogP contribution in [0.1, 0.15) is 49.9 Å². The highest BCUT2D eigenvalue weighted by molar-refractivity contribution is 6.15. The van der Waals surface area contributed by atoms with Gasteiger partial charge in [0.05, 0.1) is 5.69 Å². The van der Waals surface area contributed by atoms with E-state index in [1.165, 1.54) is 77.8 Å². The Morgan fingerprint density at radius 2 is 0.957 bits per heavy atom. The molecule has 0 bridgehead atoms. The highest BCUT2D eigenvalue weighted by Crippen LogP contribution is 2.60. The molecule has 0 N–H and O–H groups in total. The van der Waals surface area contributed by atoms with Crippen molar-refractivity contribution in [2.75, 3.05) is 4.90 Å². The van der Waals surface area contributed by atoms with Crippen LogP contribution in [0.15, 0.2) is 152 Å². The quantitative estimate of drug-likeness (QED) is 0.193. The van der Waals surface area contributed by atoms with Crippen molar-refractivity contribution < 1.29 is 0 Å². The van der Waals surface area contributed by atoms with Gasteiger partial charge in [0.25, 0.3) is 0 Å². The number of hydrogen-bond acceptors (Lipinski definition) is 1. The van der Waals surface area contributed by atoms with Crippen LogP contribution in [0.4, 0.5) is 17.1 Å². The zero-order chi connectivity index (χ0) is 31.9. The van der Waals surface area contributed by atoms with Crippen LogP contribution in [0.25, 0.3) is 44.2 Å². The fourth-order valence-corrected chi connectivity index (χ4v) is 8.65. The molecule has 0 atom stereocenters. The van der Waals surface area contributed by atoms with E-state index in [0.29, 0.717) is 0 Å². The van der Waals surface area contributed by atoms with Crippen LogP contribution in [0.3, 0.4) is 0 Å². The molecule has 0 radical (unpaired) electrons. The number of hydrogen-bond donors (Lipinski definition) is 0.